The molecule has 4 heteroatoms. The van der Waals surface area contributed by atoms with E-state index >= 15 is 0 Å². The lowest BCUT2D eigenvalue weighted by Gasteiger charge is -2.05. The third kappa shape index (κ3) is 4.10. The van der Waals surface area contributed by atoms with Gasteiger partial charge >= 0.3 is 0 Å². The van der Waals surface area contributed by atoms with Gasteiger partial charge < -0.3 is 15.8 Å². The van der Waals surface area contributed by atoms with Crippen molar-refractivity contribution in [1.82, 2.24) is 0 Å². The highest BCUT2D eigenvalue weighted by Crippen LogP contribution is 2.09. The van der Waals surface area contributed by atoms with E-state index in [2.05, 4.69) is 5.32 Å². The van der Waals surface area contributed by atoms with E-state index in [1.807, 2.05) is 24.3 Å². The Morgan fingerprint density at radius 2 is 2.07 bits per heavy atom. The molecule has 1 rings (SSSR count). The number of nitrogens with two attached hydrogens (primary N) is 1. The number of hydrogen-bond acceptors (Lipinski definition) is 3. The van der Waals surface area contributed by atoms with E-state index in [-0.39, 0.29) is 5.91 Å². The Hall–Kier alpha value is -1.39. The molecule has 0 aliphatic carbocycles. The van der Waals surface area contributed by atoms with Gasteiger partial charge in [-0.05, 0) is 17.7 Å². The van der Waals surface area contributed by atoms with Crippen molar-refractivity contribution < 1.29 is 9.53 Å². The highest BCUT2D eigenvalue weighted by molar-refractivity contribution is 5.90. The van der Waals surface area contributed by atoms with Crippen LogP contribution < -0.4 is 11.1 Å². The van der Waals surface area contributed by atoms with Crippen LogP contribution >= 0.6 is 0 Å². The van der Waals surface area contributed by atoms with Gasteiger partial charge in [0.2, 0.25) is 5.91 Å². The van der Waals surface area contributed by atoms with Crippen LogP contribution in [0.15, 0.2) is 24.3 Å². The fraction of sp³-hybridized carbons (Fsp3) is 0.364. The summed E-state index contributed by atoms with van der Waals surface area (Å²) >= 11 is 0. The van der Waals surface area contributed by atoms with Crippen molar-refractivity contribution in [2.24, 2.45) is 5.73 Å². The van der Waals surface area contributed by atoms with Crippen molar-refractivity contribution >= 4 is 11.6 Å². The molecule has 1 aromatic rings. The minimum atomic E-state index is -0.0441. The molecule has 0 aliphatic rings. The molecule has 15 heavy (non-hydrogen) atoms. The quantitative estimate of drug-likeness (QED) is 0.762. The summed E-state index contributed by atoms with van der Waals surface area (Å²) in [6.45, 7) is 0.949. The normalized spacial score (nSPS) is 10.0. The summed E-state index contributed by atoms with van der Waals surface area (Å²) in [5, 5.41) is 2.77. The van der Waals surface area contributed by atoms with Crippen LogP contribution in [0, 0.1) is 0 Å². The van der Waals surface area contributed by atoms with Gasteiger partial charge in [-0.25, -0.2) is 0 Å². The first-order valence-corrected chi connectivity index (χ1v) is 4.84. The summed E-state index contributed by atoms with van der Waals surface area (Å²) in [5.74, 6) is -0.0441. The summed E-state index contributed by atoms with van der Waals surface area (Å²) < 4.78 is 4.81. The number of benzene rings is 1. The molecule has 0 aromatic heterocycles. The van der Waals surface area contributed by atoms with Gasteiger partial charge in [-0.3, -0.25) is 4.79 Å². The first-order chi connectivity index (χ1) is 7.26. The van der Waals surface area contributed by atoms with E-state index in [9.17, 15) is 4.79 Å². The van der Waals surface area contributed by atoms with E-state index in [0.29, 0.717) is 19.6 Å². The second-order valence-corrected chi connectivity index (χ2v) is 3.19. The van der Waals surface area contributed by atoms with E-state index in [4.69, 9.17) is 10.5 Å². The van der Waals surface area contributed by atoms with Crippen molar-refractivity contribution in [2.45, 2.75) is 13.0 Å². The molecule has 82 valence electrons. The largest absolute Gasteiger partial charge is 0.384 e. The highest BCUT2D eigenvalue weighted by Gasteiger charge is 2.01. The number of methoxy groups -OCH3 is 1. The number of nitrogens with one attached hydrogen (secondary N) is 1. The van der Waals surface area contributed by atoms with Crippen LogP contribution in [0.25, 0.3) is 0 Å². The number of amides is 1. The Labute approximate surface area is 89.4 Å². The topological polar surface area (TPSA) is 64.3 Å². The van der Waals surface area contributed by atoms with Crippen molar-refractivity contribution in [3.05, 3.63) is 29.8 Å². The number of hydrogen-bond donors (Lipinski definition) is 2. The monoisotopic (exact) mass is 208 g/mol. The average Bonchev–Trinajstić information content (AvgIpc) is 2.27. The van der Waals surface area contributed by atoms with Crippen LogP contribution in [0.4, 0.5) is 5.69 Å². The zero-order valence-corrected chi connectivity index (χ0v) is 8.82. The maximum absolute atomic E-state index is 11.3. The predicted octanol–water partition coefficient (Wildman–Crippen LogP) is 1.12. The molecule has 0 saturated heterocycles. The SMILES string of the molecule is COCCC(=O)Nc1ccc(CN)cc1. The molecule has 0 heterocycles. The van der Waals surface area contributed by atoms with Gasteiger partial charge in [0, 0.05) is 19.3 Å². The Bertz CT molecular complexity index is 309. The molecule has 1 aromatic carbocycles. The zero-order valence-electron chi connectivity index (χ0n) is 8.82. The fourth-order valence-corrected chi connectivity index (χ4v) is 1.14. The van der Waals surface area contributed by atoms with Gasteiger partial charge in [0.25, 0.3) is 0 Å². The van der Waals surface area contributed by atoms with Crippen molar-refractivity contribution in [3.8, 4) is 0 Å². The lowest BCUT2D eigenvalue weighted by Crippen LogP contribution is -2.13. The Balaban J connectivity index is 2.46. The van der Waals surface area contributed by atoms with Gasteiger partial charge in [0.1, 0.15) is 0 Å². The highest BCUT2D eigenvalue weighted by atomic mass is 16.5. The molecule has 1 amide bonds. The first-order valence-electron chi connectivity index (χ1n) is 4.84. The molecule has 0 bridgehead atoms. The number of carbonyl (C=O) groups is 1. The summed E-state index contributed by atoms with van der Waals surface area (Å²) in [7, 11) is 1.57. The lowest BCUT2D eigenvalue weighted by atomic mass is 10.2. The number of ether oxygens (including phenoxy) is 1. The number of anilines is 1. The number of rotatable bonds is 5. The van der Waals surface area contributed by atoms with E-state index in [0.717, 1.165) is 11.3 Å². The molecule has 3 N–H and O–H groups in total. The van der Waals surface area contributed by atoms with E-state index < -0.39 is 0 Å². The molecule has 4 nitrogen and oxygen atoms in total. The standard InChI is InChI=1S/C11H16N2O2/c1-15-7-6-11(14)13-10-4-2-9(8-12)3-5-10/h2-5H,6-8,12H2,1H3,(H,13,14). The molecule has 0 atom stereocenters. The van der Waals surface area contributed by atoms with Crippen molar-refractivity contribution in [3.63, 3.8) is 0 Å². The van der Waals surface area contributed by atoms with Crippen LogP contribution in [0.3, 0.4) is 0 Å². The molecule has 0 saturated carbocycles. The van der Waals surface area contributed by atoms with Crippen molar-refractivity contribution in [2.75, 3.05) is 19.0 Å². The van der Waals surface area contributed by atoms with Crippen molar-refractivity contribution in [1.29, 1.82) is 0 Å². The summed E-state index contributed by atoms with van der Waals surface area (Å²) in [4.78, 5) is 11.3. The van der Waals surface area contributed by atoms with Crippen LogP contribution in [-0.4, -0.2) is 19.6 Å². The average molecular weight is 208 g/mol. The van der Waals surface area contributed by atoms with Gasteiger partial charge in [-0.15, -0.1) is 0 Å². The molecule has 0 spiro atoms. The Morgan fingerprint density at radius 3 is 2.60 bits per heavy atom. The minimum absolute atomic E-state index is 0.0441. The second-order valence-electron chi connectivity index (χ2n) is 3.19. The molecule has 0 fully saturated rings. The molecule has 0 radical (unpaired) electrons. The lowest BCUT2D eigenvalue weighted by molar-refractivity contribution is -0.117. The van der Waals surface area contributed by atoms with Crippen LogP contribution in [0.2, 0.25) is 0 Å². The summed E-state index contributed by atoms with van der Waals surface area (Å²) in [6, 6.07) is 7.47. The predicted molar refractivity (Wildman–Crippen MR) is 59.5 cm³/mol. The second kappa shape index (κ2) is 6.16. The van der Waals surface area contributed by atoms with Gasteiger partial charge in [-0.2, -0.15) is 0 Å². The number of carbonyl (C=O) groups excluding carboxylic acids is 1. The van der Waals surface area contributed by atoms with Crippen LogP contribution in [0.5, 0.6) is 0 Å². The molecule has 0 unspecified atom stereocenters. The fourth-order valence-electron chi connectivity index (χ4n) is 1.14. The van der Waals surface area contributed by atoms with Gasteiger partial charge in [0.05, 0.1) is 13.0 Å². The van der Waals surface area contributed by atoms with E-state index in [1.54, 1.807) is 7.11 Å². The molecule has 0 aliphatic heterocycles. The Morgan fingerprint density at radius 1 is 1.40 bits per heavy atom. The maximum atomic E-state index is 11.3. The molecular formula is C11H16N2O2. The third-order valence-electron chi connectivity index (χ3n) is 2.01. The Kier molecular flexibility index (Phi) is 4.80. The van der Waals surface area contributed by atoms with Gasteiger partial charge in [0.15, 0.2) is 0 Å². The van der Waals surface area contributed by atoms with Crippen LogP contribution in [-0.2, 0) is 16.1 Å². The van der Waals surface area contributed by atoms with E-state index in [1.165, 1.54) is 0 Å². The molecular weight excluding hydrogens is 192 g/mol. The maximum Gasteiger partial charge on any atom is 0.226 e. The third-order valence-corrected chi connectivity index (χ3v) is 2.01. The summed E-state index contributed by atoms with van der Waals surface area (Å²) in [5.41, 5.74) is 7.29. The zero-order chi connectivity index (χ0) is 11.1. The smallest absolute Gasteiger partial charge is 0.226 e. The first kappa shape index (κ1) is 11.7. The van der Waals surface area contributed by atoms with Gasteiger partial charge in [-0.1, -0.05) is 12.1 Å². The minimum Gasteiger partial charge on any atom is -0.384 e. The van der Waals surface area contributed by atoms with Crippen LogP contribution in [0.1, 0.15) is 12.0 Å². The summed E-state index contributed by atoms with van der Waals surface area (Å²) in [6.07, 6.45) is 0.370.